The summed E-state index contributed by atoms with van der Waals surface area (Å²) in [5.74, 6) is -1.93. The maximum atomic E-state index is 13.7. The number of carboxylic acids is 1. The fourth-order valence-electron chi connectivity index (χ4n) is 2.28. The molecule has 1 fully saturated rings. The number of aryl methyl sites for hydroxylation is 1. The maximum absolute atomic E-state index is 13.7. The van der Waals surface area contributed by atoms with Gasteiger partial charge in [0.2, 0.25) is 0 Å². The molecule has 1 unspecified atom stereocenters. The van der Waals surface area contributed by atoms with Crippen LogP contribution in [-0.2, 0) is 4.79 Å². The summed E-state index contributed by atoms with van der Waals surface area (Å²) in [7, 11) is 0. The van der Waals surface area contributed by atoms with Gasteiger partial charge in [-0.25, -0.2) is 4.39 Å². The van der Waals surface area contributed by atoms with Crippen LogP contribution in [0, 0.1) is 18.2 Å². The quantitative estimate of drug-likeness (QED) is 0.890. The van der Waals surface area contributed by atoms with Gasteiger partial charge in [-0.3, -0.25) is 9.59 Å². The molecule has 1 N–H and O–H groups in total. The Morgan fingerprint density at radius 3 is 2.68 bits per heavy atom. The number of carbonyl (C=O) groups excluding carboxylic acids is 1. The summed E-state index contributed by atoms with van der Waals surface area (Å²) in [6.45, 7) is 3.85. The van der Waals surface area contributed by atoms with Crippen LogP contribution < -0.4 is 0 Å². The minimum absolute atomic E-state index is 0.00892. The van der Waals surface area contributed by atoms with Crippen molar-refractivity contribution < 1.29 is 19.1 Å². The van der Waals surface area contributed by atoms with Gasteiger partial charge >= 0.3 is 5.97 Å². The molecule has 19 heavy (non-hydrogen) atoms. The number of carbonyl (C=O) groups is 2. The zero-order valence-electron chi connectivity index (χ0n) is 10.9. The fraction of sp³-hybridized carbons (Fsp3) is 0.429. The Labute approximate surface area is 110 Å². The lowest BCUT2D eigenvalue weighted by atomic mass is 9.90. The van der Waals surface area contributed by atoms with Crippen molar-refractivity contribution >= 4 is 11.9 Å². The summed E-state index contributed by atoms with van der Waals surface area (Å²) in [5, 5.41) is 9.13. The average Bonchev–Trinajstić information content (AvgIpc) is 2.76. The molecule has 1 aromatic rings. The Hall–Kier alpha value is -1.91. The second-order valence-electron chi connectivity index (χ2n) is 5.33. The summed E-state index contributed by atoms with van der Waals surface area (Å²) in [6.07, 6.45) is 0.390. The Bertz CT molecular complexity index is 543. The Kier molecular flexibility index (Phi) is 3.30. The van der Waals surface area contributed by atoms with E-state index in [-0.39, 0.29) is 12.1 Å². The molecule has 5 heteroatoms. The van der Waals surface area contributed by atoms with Gasteiger partial charge in [-0.05, 0) is 32.4 Å². The van der Waals surface area contributed by atoms with Crippen molar-refractivity contribution in [3.63, 3.8) is 0 Å². The molecule has 1 aliphatic heterocycles. The first-order chi connectivity index (χ1) is 8.83. The van der Waals surface area contributed by atoms with E-state index in [0.717, 1.165) is 5.56 Å². The number of hydrogen-bond donors (Lipinski definition) is 1. The first kappa shape index (κ1) is 13.5. The van der Waals surface area contributed by atoms with Gasteiger partial charge in [0.15, 0.2) is 0 Å². The van der Waals surface area contributed by atoms with Crippen LogP contribution in [0.15, 0.2) is 18.2 Å². The highest BCUT2D eigenvalue weighted by molar-refractivity contribution is 5.95. The van der Waals surface area contributed by atoms with E-state index in [0.29, 0.717) is 13.0 Å². The van der Waals surface area contributed by atoms with Crippen LogP contribution in [-0.4, -0.2) is 35.0 Å². The fourth-order valence-corrected chi connectivity index (χ4v) is 2.28. The number of benzene rings is 1. The molecule has 4 nitrogen and oxygen atoms in total. The first-order valence-electron chi connectivity index (χ1n) is 6.12. The number of aliphatic carboxylic acids is 1. The van der Waals surface area contributed by atoms with Gasteiger partial charge in [-0.1, -0.05) is 11.6 Å². The molecule has 102 valence electrons. The predicted molar refractivity (Wildman–Crippen MR) is 67.4 cm³/mol. The molecule has 1 atom stereocenters. The van der Waals surface area contributed by atoms with Gasteiger partial charge in [-0.15, -0.1) is 0 Å². The minimum atomic E-state index is -0.935. The summed E-state index contributed by atoms with van der Waals surface area (Å²) in [5.41, 5.74) is -0.129. The van der Waals surface area contributed by atoms with Gasteiger partial charge in [0.05, 0.1) is 11.0 Å². The number of rotatable bonds is 2. The third kappa shape index (κ3) is 2.45. The number of likely N-dealkylation sites (tertiary alicyclic amines) is 1. The Morgan fingerprint density at radius 1 is 1.42 bits per heavy atom. The monoisotopic (exact) mass is 265 g/mol. The second-order valence-corrected chi connectivity index (χ2v) is 5.33. The molecule has 0 aliphatic carbocycles. The van der Waals surface area contributed by atoms with Crippen LogP contribution in [0.2, 0.25) is 0 Å². The van der Waals surface area contributed by atoms with Gasteiger partial charge in [-0.2, -0.15) is 0 Å². The molecular formula is C14H16FNO3. The minimum Gasteiger partial charge on any atom is -0.481 e. The van der Waals surface area contributed by atoms with Crippen LogP contribution >= 0.6 is 0 Å². The molecule has 0 aromatic heterocycles. The van der Waals surface area contributed by atoms with E-state index >= 15 is 0 Å². The smallest absolute Gasteiger partial charge is 0.311 e. The highest BCUT2D eigenvalue weighted by Crippen LogP contribution is 2.31. The molecular weight excluding hydrogens is 249 g/mol. The van der Waals surface area contributed by atoms with Crippen molar-refractivity contribution in [2.45, 2.75) is 20.3 Å². The van der Waals surface area contributed by atoms with E-state index in [2.05, 4.69) is 0 Å². The predicted octanol–water partition coefficient (Wildman–Crippen LogP) is 2.07. The van der Waals surface area contributed by atoms with Crippen molar-refractivity contribution in [2.75, 3.05) is 13.1 Å². The Morgan fingerprint density at radius 2 is 2.11 bits per heavy atom. The van der Waals surface area contributed by atoms with Crippen LogP contribution in [0.3, 0.4) is 0 Å². The van der Waals surface area contributed by atoms with E-state index in [1.54, 1.807) is 19.9 Å². The number of halogens is 1. The zero-order valence-corrected chi connectivity index (χ0v) is 10.9. The molecule has 1 heterocycles. The number of hydrogen-bond acceptors (Lipinski definition) is 2. The molecule has 0 saturated carbocycles. The zero-order chi connectivity index (χ0) is 14.2. The summed E-state index contributed by atoms with van der Waals surface area (Å²) in [4.78, 5) is 24.8. The summed E-state index contributed by atoms with van der Waals surface area (Å²) >= 11 is 0. The van der Waals surface area contributed by atoms with E-state index in [1.807, 2.05) is 0 Å². The molecule has 1 saturated heterocycles. The molecule has 1 aliphatic rings. The number of nitrogens with zero attached hydrogens (tertiary/aromatic N) is 1. The lowest BCUT2D eigenvalue weighted by molar-refractivity contribution is -0.147. The topological polar surface area (TPSA) is 57.6 Å². The SMILES string of the molecule is Cc1ccc(F)c(C(=O)N2CCC(C)(C(=O)O)C2)c1. The molecule has 0 radical (unpaired) electrons. The molecule has 1 aromatic carbocycles. The van der Waals surface area contributed by atoms with Gasteiger partial charge in [0, 0.05) is 13.1 Å². The van der Waals surface area contributed by atoms with Crippen LogP contribution in [0.25, 0.3) is 0 Å². The van der Waals surface area contributed by atoms with E-state index in [4.69, 9.17) is 5.11 Å². The van der Waals surface area contributed by atoms with E-state index < -0.39 is 23.1 Å². The number of carboxylic acid groups (broad SMARTS) is 1. The normalized spacial score (nSPS) is 22.6. The Balaban J connectivity index is 2.22. The number of amides is 1. The molecule has 2 rings (SSSR count). The van der Waals surface area contributed by atoms with Gasteiger partial charge < -0.3 is 10.0 Å². The lowest BCUT2D eigenvalue weighted by Crippen LogP contribution is -2.35. The molecule has 1 amide bonds. The second kappa shape index (κ2) is 4.64. The van der Waals surface area contributed by atoms with Crippen LogP contribution in [0.5, 0.6) is 0 Å². The molecule has 0 bridgehead atoms. The highest BCUT2D eigenvalue weighted by Gasteiger charge is 2.42. The van der Waals surface area contributed by atoms with Crippen molar-refractivity contribution in [3.05, 3.63) is 35.1 Å². The maximum Gasteiger partial charge on any atom is 0.311 e. The van der Waals surface area contributed by atoms with Crippen LogP contribution in [0.4, 0.5) is 4.39 Å². The van der Waals surface area contributed by atoms with E-state index in [9.17, 15) is 14.0 Å². The molecule has 0 spiro atoms. The van der Waals surface area contributed by atoms with Crippen LogP contribution in [0.1, 0.15) is 29.3 Å². The third-order valence-corrected chi connectivity index (χ3v) is 3.63. The first-order valence-corrected chi connectivity index (χ1v) is 6.12. The average molecular weight is 265 g/mol. The van der Waals surface area contributed by atoms with Gasteiger partial charge in [0.25, 0.3) is 5.91 Å². The van der Waals surface area contributed by atoms with E-state index in [1.165, 1.54) is 17.0 Å². The van der Waals surface area contributed by atoms with Crippen molar-refractivity contribution in [1.29, 1.82) is 0 Å². The highest BCUT2D eigenvalue weighted by atomic mass is 19.1. The largest absolute Gasteiger partial charge is 0.481 e. The van der Waals surface area contributed by atoms with Crippen molar-refractivity contribution in [3.8, 4) is 0 Å². The van der Waals surface area contributed by atoms with Gasteiger partial charge in [0.1, 0.15) is 5.82 Å². The summed E-state index contributed by atoms with van der Waals surface area (Å²) in [6, 6.07) is 4.35. The van der Waals surface area contributed by atoms with Crippen molar-refractivity contribution in [2.24, 2.45) is 5.41 Å². The lowest BCUT2D eigenvalue weighted by Gasteiger charge is -2.20. The van der Waals surface area contributed by atoms with Crippen molar-refractivity contribution in [1.82, 2.24) is 4.90 Å². The summed E-state index contributed by atoms with van der Waals surface area (Å²) < 4.78 is 13.7. The standard InChI is InChI=1S/C14H16FNO3/c1-9-3-4-11(15)10(7-9)12(17)16-6-5-14(2,8-16)13(18)19/h3-4,7H,5-6,8H2,1-2H3,(H,18,19). The third-order valence-electron chi connectivity index (χ3n) is 3.63.